The molecule has 1 aromatic heterocycles. The summed E-state index contributed by atoms with van der Waals surface area (Å²) in [5, 5.41) is 3.28. The van der Waals surface area contributed by atoms with E-state index in [1.165, 1.54) is 25.7 Å². The number of nitrogens with zero attached hydrogens (tertiary/aromatic N) is 2. The van der Waals surface area contributed by atoms with Gasteiger partial charge in [0.05, 0.1) is 24.1 Å². The Labute approximate surface area is 103 Å². The van der Waals surface area contributed by atoms with Crippen LogP contribution in [-0.2, 0) is 4.74 Å². The second-order valence-corrected chi connectivity index (χ2v) is 4.65. The third kappa shape index (κ3) is 3.66. The van der Waals surface area contributed by atoms with E-state index in [1.54, 1.807) is 6.20 Å². The Morgan fingerprint density at radius 1 is 1.35 bits per heavy atom. The molecule has 0 aliphatic heterocycles. The van der Waals surface area contributed by atoms with E-state index in [1.807, 2.05) is 13.8 Å². The summed E-state index contributed by atoms with van der Waals surface area (Å²) in [6.45, 7) is 5.47. The Balaban J connectivity index is 1.72. The summed E-state index contributed by atoms with van der Waals surface area (Å²) in [6, 6.07) is 0. The molecule has 1 aliphatic carbocycles. The standard InChI is InChI=1S/C13H21N3O/c1-10-9-15-11(2)13(16-10)14-7-8-17-12-5-3-4-6-12/h9,12H,3-8H2,1-2H3,(H,14,16). The average molecular weight is 235 g/mol. The lowest BCUT2D eigenvalue weighted by molar-refractivity contribution is 0.0658. The van der Waals surface area contributed by atoms with Crippen molar-refractivity contribution in [1.82, 2.24) is 9.97 Å². The molecule has 17 heavy (non-hydrogen) atoms. The van der Waals surface area contributed by atoms with Gasteiger partial charge in [0.25, 0.3) is 0 Å². The van der Waals surface area contributed by atoms with Crippen LogP contribution in [0.3, 0.4) is 0 Å². The normalized spacial score (nSPS) is 16.4. The lowest BCUT2D eigenvalue weighted by Gasteiger charge is -2.12. The van der Waals surface area contributed by atoms with Crippen LogP contribution >= 0.6 is 0 Å². The topological polar surface area (TPSA) is 47.0 Å². The molecular formula is C13H21N3O. The van der Waals surface area contributed by atoms with Gasteiger partial charge in [0.15, 0.2) is 0 Å². The molecule has 0 atom stereocenters. The maximum Gasteiger partial charge on any atom is 0.147 e. The highest BCUT2D eigenvalue weighted by Crippen LogP contribution is 2.20. The molecule has 1 aliphatic rings. The van der Waals surface area contributed by atoms with Crippen LogP contribution in [0.4, 0.5) is 5.82 Å². The summed E-state index contributed by atoms with van der Waals surface area (Å²) >= 11 is 0. The molecule has 0 radical (unpaired) electrons. The highest BCUT2D eigenvalue weighted by Gasteiger charge is 2.14. The van der Waals surface area contributed by atoms with Crippen molar-refractivity contribution >= 4 is 5.82 Å². The molecule has 1 saturated carbocycles. The first kappa shape index (κ1) is 12.3. The van der Waals surface area contributed by atoms with E-state index < -0.39 is 0 Å². The summed E-state index contributed by atoms with van der Waals surface area (Å²) in [7, 11) is 0. The van der Waals surface area contributed by atoms with Crippen molar-refractivity contribution in [3.05, 3.63) is 17.6 Å². The average Bonchev–Trinajstić information content (AvgIpc) is 2.82. The smallest absolute Gasteiger partial charge is 0.147 e. The molecule has 4 nitrogen and oxygen atoms in total. The highest BCUT2D eigenvalue weighted by atomic mass is 16.5. The molecule has 4 heteroatoms. The van der Waals surface area contributed by atoms with Gasteiger partial charge in [0, 0.05) is 12.7 Å². The van der Waals surface area contributed by atoms with Crippen LogP contribution in [0.15, 0.2) is 6.20 Å². The molecule has 1 N–H and O–H groups in total. The van der Waals surface area contributed by atoms with Gasteiger partial charge < -0.3 is 10.1 Å². The Bertz CT molecular complexity index is 362. The SMILES string of the molecule is Cc1cnc(C)c(NCCOC2CCCC2)n1. The quantitative estimate of drug-likeness (QED) is 0.796. The van der Waals surface area contributed by atoms with Crippen molar-refractivity contribution in [3.8, 4) is 0 Å². The Hall–Kier alpha value is -1.16. The maximum atomic E-state index is 5.78. The maximum absolute atomic E-state index is 5.78. The molecule has 0 aromatic carbocycles. The van der Waals surface area contributed by atoms with E-state index in [4.69, 9.17) is 4.74 Å². The highest BCUT2D eigenvalue weighted by molar-refractivity contribution is 5.39. The minimum Gasteiger partial charge on any atom is -0.376 e. The molecule has 0 saturated heterocycles. The van der Waals surface area contributed by atoms with Gasteiger partial charge in [-0.3, -0.25) is 4.98 Å². The first-order chi connectivity index (χ1) is 8.25. The summed E-state index contributed by atoms with van der Waals surface area (Å²) < 4.78 is 5.78. The summed E-state index contributed by atoms with van der Waals surface area (Å²) in [4.78, 5) is 8.68. The van der Waals surface area contributed by atoms with Gasteiger partial charge in [0.1, 0.15) is 5.82 Å². The molecular weight excluding hydrogens is 214 g/mol. The summed E-state index contributed by atoms with van der Waals surface area (Å²) in [5.41, 5.74) is 1.88. The van der Waals surface area contributed by atoms with E-state index in [0.717, 1.165) is 30.4 Å². The van der Waals surface area contributed by atoms with E-state index in [0.29, 0.717) is 6.10 Å². The van der Waals surface area contributed by atoms with Gasteiger partial charge in [-0.05, 0) is 26.7 Å². The van der Waals surface area contributed by atoms with Crippen LogP contribution in [0.2, 0.25) is 0 Å². The van der Waals surface area contributed by atoms with Gasteiger partial charge >= 0.3 is 0 Å². The molecule has 94 valence electrons. The number of aryl methyl sites for hydroxylation is 2. The van der Waals surface area contributed by atoms with Crippen molar-refractivity contribution in [3.63, 3.8) is 0 Å². The fourth-order valence-corrected chi connectivity index (χ4v) is 2.15. The van der Waals surface area contributed by atoms with Gasteiger partial charge in [-0.15, -0.1) is 0 Å². The number of hydrogen-bond acceptors (Lipinski definition) is 4. The second kappa shape index (κ2) is 5.96. The minimum atomic E-state index is 0.487. The van der Waals surface area contributed by atoms with Crippen LogP contribution < -0.4 is 5.32 Å². The first-order valence-corrected chi connectivity index (χ1v) is 6.41. The van der Waals surface area contributed by atoms with Crippen LogP contribution in [0.1, 0.15) is 37.1 Å². The fourth-order valence-electron chi connectivity index (χ4n) is 2.15. The lowest BCUT2D eigenvalue weighted by atomic mass is 10.3. The zero-order valence-electron chi connectivity index (χ0n) is 10.7. The first-order valence-electron chi connectivity index (χ1n) is 6.41. The van der Waals surface area contributed by atoms with Gasteiger partial charge in [0.2, 0.25) is 0 Å². The molecule has 1 aromatic rings. The molecule has 0 amide bonds. The Kier molecular flexibility index (Phi) is 4.31. The number of ether oxygens (including phenoxy) is 1. The predicted octanol–water partition coefficient (Wildman–Crippen LogP) is 2.46. The van der Waals surface area contributed by atoms with E-state index in [9.17, 15) is 0 Å². The molecule has 0 bridgehead atoms. The van der Waals surface area contributed by atoms with E-state index in [-0.39, 0.29) is 0 Å². The zero-order valence-corrected chi connectivity index (χ0v) is 10.7. The van der Waals surface area contributed by atoms with Crippen LogP contribution in [-0.4, -0.2) is 29.2 Å². The van der Waals surface area contributed by atoms with E-state index >= 15 is 0 Å². The monoisotopic (exact) mass is 235 g/mol. The van der Waals surface area contributed by atoms with Crippen LogP contribution in [0, 0.1) is 13.8 Å². The van der Waals surface area contributed by atoms with Gasteiger partial charge in [-0.1, -0.05) is 12.8 Å². The Morgan fingerprint density at radius 3 is 2.88 bits per heavy atom. The van der Waals surface area contributed by atoms with Gasteiger partial charge in [-0.25, -0.2) is 4.98 Å². The van der Waals surface area contributed by atoms with Crippen molar-refractivity contribution in [1.29, 1.82) is 0 Å². The van der Waals surface area contributed by atoms with Crippen LogP contribution in [0.5, 0.6) is 0 Å². The number of hydrogen-bond donors (Lipinski definition) is 1. The van der Waals surface area contributed by atoms with Crippen molar-refractivity contribution in [2.75, 3.05) is 18.5 Å². The van der Waals surface area contributed by atoms with Crippen molar-refractivity contribution in [2.24, 2.45) is 0 Å². The molecule has 1 fully saturated rings. The second-order valence-electron chi connectivity index (χ2n) is 4.65. The summed E-state index contributed by atoms with van der Waals surface area (Å²) in [5.74, 6) is 0.875. The molecule has 1 heterocycles. The number of nitrogens with one attached hydrogen (secondary N) is 1. The predicted molar refractivity (Wildman–Crippen MR) is 68.2 cm³/mol. The molecule has 2 rings (SSSR count). The van der Waals surface area contributed by atoms with E-state index in [2.05, 4.69) is 15.3 Å². The van der Waals surface area contributed by atoms with Crippen molar-refractivity contribution in [2.45, 2.75) is 45.6 Å². The van der Waals surface area contributed by atoms with Crippen LogP contribution in [0.25, 0.3) is 0 Å². The third-order valence-electron chi connectivity index (χ3n) is 3.13. The summed E-state index contributed by atoms with van der Waals surface area (Å²) in [6.07, 6.45) is 7.37. The lowest BCUT2D eigenvalue weighted by Crippen LogP contribution is -2.16. The largest absolute Gasteiger partial charge is 0.376 e. The third-order valence-corrected chi connectivity index (χ3v) is 3.13. The molecule has 0 spiro atoms. The number of rotatable bonds is 5. The fraction of sp³-hybridized carbons (Fsp3) is 0.692. The van der Waals surface area contributed by atoms with Gasteiger partial charge in [-0.2, -0.15) is 0 Å². The van der Waals surface area contributed by atoms with Crippen molar-refractivity contribution < 1.29 is 4.74 Å². The number of anilines is 1. The zero-order chi connectivity index (χ0) is 12.1. The number of aromatic nitrogens is 2. The minimum absolute atomic E-state index is 0.487. The Morgan fingerprint density at radius 2 is 2.12 bits per heavy atom. The molecule has 0 unspecified atom stereocenters.